The minimum absolute atomic E-state index is 0.474. The molecule has 1 fully saturated rings. The highest BCUT2D eigenvalue weighted by Crippen LogP contribution is 2.28. The number of hydrogen-bond acceptors (Lipinski definition) is 3. The first-order chi connectivity index (χ1) is 9.74. The number of ether oxygens (including phenoxy) is 1. The summed E-state index contributed by atoms with van der Waals surface area (Å²) in [4.78, 5) is 2.36. The number of nitrogens with one attached hydrogen (secondary N) is 1. The Morgan fingerprint density at radius 1 is 1.50 bits per heavy atom. The lowest BCUT2D eigenvalue weighted by Gasteiger charge is -2.32. The Kier molecular flexibility index (Phi) is 4.03. The molecule has 2 atom stereocenters. The van der Waals surface area contributed by atoms with Gasteiger partial charge < -0.3 is 9.64 Å². The minimum Gasteiger partial charge on any atom is -0.491 e. The third-order valence-electron chi connectivity index (χ3n) is 3.89. The second kappa shape index (κ2) is 5.93. The van der Waals surface area contributed by atoms with E-state index in [9.17, 15) is 4.21 Å². The highest BCUT2D eigenvalue weighted by Gasteiger charge is 2.20. The van der Waals surface area contributed by atoms with Crippen LogP contribution in [0, 0.1) is 0 Å². The van der Waals surface area contributed by atoms with E-state index < -0.39 is 11.2 Å². The number of piperidine rings is 1. The molecule has 0 aromatic heterocycles. The van der Waals surface area contributed by atoms with Crippen LogP contribution in [0.4, 0.5) is 5.69 Å². The van der Waals surface area contributed by atoms with Crippen molar-refractivity contribution in [3.8, 4) is 5.75 Å². The standard InChI is InChI=1S/C14H19N3O2S/c1-17-8-3-2-5-11(17)10-19-14-7-4-6-13-12(14)9-15-20(18)16-13/h4,6-7,9,11,16H,2-3,5,8,10H2,1H3/t11-,20?/m1/s1. The molecule has 1 aromatic rings. The van der Waals surface area contributed by atoms with Gasteiger partial charge in [-0.2, -0.15) is 4.40 Å². The first-order valence-electron chi connectivity index (χ1n) is 6.93. The van der Waals surface area contributed by atoms with Gasteiger partial charge in [0.25, 0.3) is 0 Å². The second-order valence-electron chi connectivity index (χ2n) is 5.24. The largest absolute Gasteiger partial charge is 0.491 e. The molecule has 6 heteroatoms. The molecule has 3 rings (SSSR count). The van der Waals surface area contributed by atoms with E-state index in [1.807, 2.05) is 18.2 Å². The van der Waals surface area contributed by atoms with E-state index >= 15 is 0 Å². The molecule has 2 aliphatic heterocycles. The number of nitrogens with zero attached hydrogens (tertiary/aromatic N) is 2. The molecule has 1 unspecified atom stereocenters. The smallest absolute Gasteiger partial charge is 0.242 e. The third kappa shape index (κ3) is 2.86. The summed E-state index contributed by atoms with van der Waals surface area (Å²) in [5, 5.41) is 0. The fourth-order valence-corrected chi connectivity index (χ4v) is 3.27. The lowest BCUT2D eigenvalue weighted by Crippen LogP contribution is -2.40. The molecule has 5 nitrogen and oxygen atoms in total. The molecular formula is C14H19N3O2S. The summed E-state index contributed by atoms with van der Waals surface area (Å²) < 4.78 is 24.0. The quantitative estimate of drug-likeness (QED) is 0.927. The van der Waals surface area contributed by atoms with Gasteiger partial charge in [-0.25, -0.2) is 4.21 Å². The van der Waals surface area contributed by atoms with E-state index in [4.69, 9.17) is 4.74 Å². The van der Waals surface area contributed by atoms with Crippen molar-refractivity contribution in [2.45, 2.75) is 25.3 Å². The van der Waals surface area contributed by atoms with Crippen LogP contribution in [-0.2, 0) is 11.2 Å². The summed E-state index contributed by atoms with van der Waals surface area (Å²) >= 11 is -1.37. The molecule has 0 bridgehead atoms. The Bertz CT molecular complexity index is 547. The van der Waals surface area contributed by atoms with Gasteiger partial charge in [0.15, 0.2) is 0 Å². The summed E-state index contributed by atoms with van der Waals surface area (Å²) in [6.45, 7) is 1.83. The van der Waals surface area contributed by atoms with E-state index in [0.717, 1.165) is 23.5 Å². The average molecular weight is 293 g/mol. The fraction of sp³-hybridized carbons (Fsp3) is 0.500. The molecule has 0 saturated carbocycles. The fourth-order valence-electron chi connectivity index (χ4n) is 2.65. The van der Waals surface area contributed by atoms with Crippen molar-refractivity contribution in [1.29, 1.82) is 0 Å². The molecule has 2 aliphatic rings. The zero-order valence-corrected chi connectivity index (χ0v) is 12.4. The maximum Gasteiger partial charge on any atom is 0.242 e. The van der Waals surface area contributed by atoms with Crippen LogP contribution in [0.5, 0.6) is 5.75 Å². The Morgan fingerprint density at radius 3 is 3.25 bits per heavy atom. The number of likely N-dealkylation sites (N-methyl/N-ethyl adjacent to an activating group) is 1. The van der Waals surface area contributed by atoms with Crippen molar-refractivity contribution < 1.29 is 8.95 Å². The van der Waals surface area contributed by atoms with Crippen LogP contribution in [0.3, 0.4) is 0 Å². The molecule has 0 spiro atoms. The summed E-state index contributed by atoms with van der Waals surface area (Å²) in [5.74, 6) is 0.800. The predicted octanol–water partition coefficient (Wildman–Crippen LogP) is 1.97. The zero-order chi connectivity index (χ0) is 13.9. The maximum atomic E-state index is 11.3. The number of anilines is 1. The van der Waals surface area contributed by atoms with Gasteiger partial charge >= 0.3 is 0 Å². The van der Waals surface area contributed by atoms with Crippen LogP contribution >= 0.6 is 0 Å². The predicted molar refractivity (Wildman–Crippen MR) is 81.6 cm³/mol. The summed E-state index contributed by atoms with van der Waals surface area (Å²) in [5.41, 5.74) is 1.69. The van der Waals surface area contributed by atoms with Gasteiger partial charge in [-0.3, -0.25) is 4.72 Å². The Labute approximate surface area is 121 Å². The molecule has 2 heterocycles. The number of hydrogen-bond donors (Lipinski definition) is 1. The van der Waals surface area contributed by atoms with E-state index in [-0.39, 0.29) is 0 Å². The van der Waals surface area contributed by atoms with Gasteiger partial charge in [-0.15, -0.1) is 0 Å². The highest BCUT2D eigenvalue weighted by atomic mass is 32.2. The number of fused-ring (bicyclic) bond motifs is 1. The SMILES string of the molecule is CN1CCCC[C@@H]1COc1cccc2c1C=NS(=O)N2. The monoisotopic (exact) mass is 293 g/mol. The lowest BCUT2D eigenvalue weighted by atomic mass is 10.0. The first kappa shape index (κ1) is 13.6. The molecule has 20 heavy (non-hydrogen) atoms. The molecule has 0 amide bonds. The van der Waals surface area contributed by atoms with E-state index in [2.05, 4.69) is 21.1 Å². The number of likely N-dealkylation sites (tertiary alicyclic amines) is 1. The number of benzene rings is 1. The van der Waals surface area contributed by atoms with Gasteiger partial charge in [-0.1, -0.05) is 12.5 Å². The van der Waals surface area contributed by atoms with Crippen molar-refractivity contribution in [2.75, 3.05) is 24.9 Å². The molecule has 1 N–H and O–H groups in total. The maximum absolute atomic E-state index is 11.3. The van der Waals surface area contributed by atoms with Crippen LogP contribution in [0.15, 0.2) is 22.6 Å². The lowest BCUT2D eigenvalue weighted by molar-refractivity contribution is 0.125. The molecule has 108 valence electrons. The van der Waals surface area contributed by atoms with Crippen molar-refractivity contribution in [3.05, 3.63) is 23.8 Å². The molecule has 1 aromatic carbocycles. The second-order valence-corrected chi connectivity index (χ2v) is 6.16. The summed E-state index contributed by atoms with van der Waals surface area (Å²) in [6, 6.07) is 6.20. The van der Waals surface area contributed by atoms with Crippen LogP contribution in [0.2, 0.25) is 0 Å². The van der Waals surface area contributed by atoms with E-state index in [1.165, 1.54) is 19.3 Å². The normalized spacial score (nSPS) is 25.9. The van der Waals surface area contributed by atoms with Crippen LogP contribution < -0.4 is 9.46 Å². The summed E-state index contributed by atoms with van der Waals surface area (Å²) in [6.07, 6.45) is 5.35. The van der Waals surface area contributed by atoms with Crippen LogP contribution in [-0.4, -0.2) is 41.6 Å². The van der Waals surface area contributed by atoms with E-state index in [1.54, 1.807) is 6.21 Å². The Hall–Kier alpha value is -1.40. The molecule has 1 saturated heterocycles. The van der Waals surface area contributed by atoms with Crippen molar-refractivity contribution in [3.63, 3.8) is 0 Å². The average Bonchev–Trinajstić information content (AvgIpc) is 2.46. The van der Waals surface area contributed by atoms with Gasteiger partial charge in [-0.05, 0) is 38.6 Å². The van der Waals surface area contributed by atoms with Crippen molar-refractivity contribution in [2.24, 2.45) is 4.40 Å². The third-order valence-corrected chi connectivity index (χ3v) is 4.59. The molecule has 0 radical (unpaired) electrons. The van der Waals surface area contributed by atoms with Gasteiger partial charge in [0, 0.05) is 6.04 Å². The van der Waals surface area contributed by atoms with Gasteiger partial charge in [0.2, 0.25) is 11.2 Å². The Morgan fingerprint density at radius 2 is 2.40 bits per heavy atom. The minimum atomic E-state index is -1.37. The van der Waals surface area contributed by atoms with Gasteiger partial charge in [0.1, 0.15) is 12.4 Å². The molecule has 0 aliphatic carbocycles. The highest BCUT2D eigenvalue weighted by molar-refractivity contribution is 7.85. The van der Waals surface area contributed by atoms with Crippen LogP contribution in [0.1, 0.15) is 24.8 Å². The topological polar surface area (TPSA) is 53.9 Å². The van der Waals surface area contributed by atoms with Gasteiger partial charge in [0.05, 0.1) is 17.5 Å². The van der Waals surface area contributed by atoms with Crippen molar-refractivity contribution in [1.82, 2.24) is 4.90 Å². The molecular weight excluding hydrogens is 274 g/mol. The summed E-state index contributed by atoms with van der Waals surface area (Å²) in [7, 11) is 2.15. The first-order valence-corrected chi connectivity index (χ1v) is 8.03. The van der Waals surface area contributed by atoms with Crippen LogP contribution in [0.25, 0.3) is 0 Å². The zero-order valence-electron chi connectivity index (χ0n) is 11.5. The van der Waals surface area contributed by atoms with E-state index in [0.29, 0.717) is 12.6 Å². The Balaban J connectivity index is 1.71. The number of rotatable bonds is 3. The van der Waals surface area contributed by atoms with Crippen molar-refractivity contribution >= 4 is 23.1 Å².